The van der Waals surface area contributed by atoms with Gasteiger partial charge in [0.05, 0.1) is 5.69 Å². The van der Waals surface area contributed by atoms with Crippen molar-refractivity contribution in [2.75, 3.05) is 5.43 Å². The molecule has 0 saturated heterocycles. The fraction of sp³-hybridized carbons (Fsp3) is 0.0714. The van der Waals surface area contributed by atoms with E-state index in [1.54, 1.807) is 0 Å². The summed E-state index contributed by atoms with van der Waals surface area (Å²) < 4.78 is 0. The SMILES string of the molecule is Cc1ccc(/C(Cl)=N/Nc2ccccc2)cc1. The van der Waals surface area contributed by atoms with Crippen molar-refractivity contribution < 1.29 is 0 Å². The molecule has 86 valence electrons. The Morgan fingerprint density at radius 1 is 1.00 bits per heavy atom. The molecular formula is C14H13ClN2. The molecule has 2 aromatic carbocycles. The van der Waals surface area contributed by atoms with Crippen LogP contribution in [-0.2, 0) is 0 Å². The fourth-order valence-corrected chi connectivity index (χ4v) is 1.55. The zero-order valence-corrected chi connectivity index (χ0v) is 10.3. The van der Waals surface area contributed by atoms with Crippen LogP contribution in [-0.4, -0.2) is 5.17 Å². The number of nitrogens with one attached hydrogen (secondary N) is 1. The summed E-state index contributed by atoms with van der Waals surface area (Å²) in [5.74, 6) is 0. The van der Waals surface area contributed by atoms with Crippen molar-refractivity contribution in [3.8, 4) is 0 Å². The third-order valence-electron chi connectivity index (χ3n) is 2.35. The molecule has 0 atom stereocenters. The number of rotatable bonds is 3. The maximum Gasteiger partial charge on any atom is 0.156 e. The first kappa shape index (κ1) is 11.7. The fourth-order valence-electron chi connectivity index (χ4n) is 1.38. The molecule has 3 heteroatoms. The average molecular weight is 245 g/mol. The highest BCUT2D eigenvalue weighted by Crippen LogP contribution is 2.09. The summed E-state index contributed by atoms with van der Waals surface area (Å²) in [6.07, 6.45) is 0. The lowest BCUT2D eigenvalue weighted by Crippen LogP contribution is -1.96. The number of hydrazone groups is 1. The number of aryl methyl sites for hydroxylation is 1. The highest BCUT2D eigenvalue weighted by Gasteiger charge is 1.98. The lowest BCUT2D eigenvalue weighted by Gasteiger charge is -2.02. The minimum absolute atomic E-state index is 0.453. The molecule has 0 bridgehead atoms. The van der Waals surface area contributed by atoms with Gasteiger partial charge >= 0.3 is 0 Å². The average Bonchev–Trinajstić information content (AvgIpc) is 2.38. The number of hydrogen-bond donors (Lipinski definition) is 1. The molecule has 0 aliphatic rings. The first-order chi connectivity index (χ1) is 8.25. The molecule has 2 rings (SSSR count). The van der Waals surface area contributed by atoms with E-state index in [-0.39, 0.29) is 0 Å². The van der Waals surface area contributed by atoms with Gasteiger partial charge in [0.15, 0.2) is 5.17 Å². The maximum atomic E-state index is 6.10. The first-order valence-electron chi connectivity index (χ1n) is 5.37. The van der Waals surface area contributed by atoms with Crippen LogP contribution in [0.15, 0.2) is 59.7 Å². The second-order valence-corrected chi connectivity index (χ2v) is 4.10. The molecule has 2 aromatic rings. The summed E-state index contributed by atoms with van der Waals surface area (Å²) >= 11 is 6.10. The number of para-hydroxylation sites is 1. The van der Waals surface area contributed by atoms with Gasteiger partial charge in [0.25, 0.3) is 0 Å². The van der Waals surface area contributed by atoms with Gasteiger partial charge in [-0.1, -0.05) is 59.6 Å². The molecule has 0 aromatic heterocycles. The van der Waals surface area contributed by atoms with Crippen molar-refractivity contribution >= 4 is 22.5 Å². The Hall–Kier alpha value is -1.80. The lowest BCUT2D eigenvalue weighted by molar-refractivity contribution is 1.34. The van der Waals surface area contributed by atoms with Crippen LogP contribution in [0.5, 0.6) is 0 Å². The molecule has 17 heavy (non-hydrogen) atoms. The van der Waals surface area contributed by atoms with Crippen LogP contribution < -0.4 is 5.43 Å². The van der Waals surface area contributed by atoms with Gasteiger partial charge < -0.3 is 0 Å². The minimum Gasteiger partial charge on any atom is -0.277 e. The van der Waals surface area contributed by atoms with Gasteiger partial charge in [-0.05, 0) is 19.1 Å². The number of halogens is 1. The predicted octanol–water partition coefficient (Wildman–Crippen LogP) is 4.01. The Labute approximate surface area is 106 Å². The monoisotopic (exact) mass is 244 g/mol. The molecule has 0 unspecified atom stereocenters. The molecule has 0 radical (unpaired) electrons. The van der Waals surface area contributed by atoms with Gasteiger partial charge in [-0.3, -0.25) is 5.43 Å². The van der Waals surface area contributed by atoms with Gasteiger partial charge in [0.1, 0.15) is 0 Å². The molecule has 2 nitrogen and oxygen atoms in total. The molecule has 0 amide bonds. The Balaban J connectivity index is 2.10. The quantitative estimate of drug-likeness (QED) is 0.640. The molecular weight excluding hydrogens is 232 g/mol. The summed E-state index contributed by atoms with van der Waals surface area (Å²) in [6, 6.07) is 17.6. The Bertz CT molecular complexity index is 504. The third-order valence-corrected chi connectivity index (χ3v) is 2.65. The van der Waals surface area contributed by atoms with Crippen molar-refractivity contribution in [3.05, 3.63) is 65.7 Å². The highest BCUT2D eigenvalue weighted by molar-refractivity contribution is 6.69. The summed E-state index contributed by atoms with van der Waals surface area (Å²) in [4.78, 5) is 0. The van der Waals surface area contributed by atoms with Crippen LogP contribution in [0, 0.1) is 6.92 Å². The smallest absolute Gasteiger partial charge is 0.156 e. The lowest BCUT2D eigenvalue weighted by atomic mass is 10.2. The largest absolute Gasteiger partial charge is 0.277 e. The van der Waals surface area contributed by atoms with Crippen LogP contribution in [0.1, 0.15) is 11.1 Å². The van der Waals surface area contributed by atoms with Crippen LogP contribution in [0.4, 0.5) is 5.69 Å². The van der Waals surface area contributed by atoms with Crippen LogP contribution in [0.3, 0.4) is 0 Å². The van der Waals surface area contributed by atoms with Gasteiger partial charge in [-0.15, -0.1) is 0 Å². The van der Waals surface area contributed by atoms with E-state index in [9.17, 15) is 0 Å². The van der Waals surface area contributed by atoms with Crippen LogP contribution >= 0.6 is 11.6 Å². The molecule has 0 aliphatic heterocycles. The van der Waals surface area contributed by atoms with Crippen molar-refractivity contribution in [1.82, 2.24) is 0 Å². The molecule has 0 heterocycles. The van der Waals surface area contributed by atoms with Gasteiger partial charge in [0, 0.05) is 5.56 Å². The van der Waals surface area contributed by atoms with Crippen molar-refractivity contribution in [3.63, 3.8) is 0 Å². The molecule has 1 N–H and O–H groups in total. The maximum absolute atomic E-state index is 6.10. The zero-order chi connectivity index (χ0) is 12.1. The van der Waals surface area contributed by atoms with E-state index in [0.717, 1.165) is 11.3 Å². The molecule has 0 aliphatic carbocycles. The summed E-state index contributed by atoms with van der Waals surface area (Å²) in [7, 11) is 0. The highest BCUT2D eigenvalue weighted by atomic mass is 35.5. The Morgan fingerprint density at radius 3 is 2.29 bits per heavy atom. The van der Waals surface area contributed by atoms with E-state index in [2.05, 4.69) is 10.5 Å². The number of benzene rings is 2. The van der Waals surface area contributed by atoms with Crippen LogP contribution in [0.2, 0.25) is 0 Å². The summed E-state index contributed by atoms with van der Waals surface area (Å²) in [5, 5.41) is 4.58. The molecule has 0 saturated carbocycles. The van der Waals surface area contributed by atoms with E-state index >= 15 is 0 Å². The Kier molecular flexibility index (Phi) is 3.78. The third kappa shape index (κ3) is 3.33. The van der Waals surface area contributed by atoms with Crippen molar-refractivity contribution in [2.24, 2.45) is 5.10 Å². The van der Waals surface area contributed by atoms with E-state index in [1.807, 2.05) is 61.5 Å². The van der Waals surface area contributed by atoms with E-state index in [4.69, 9.17) is 11.6 Å². The van der Waals surface area contributed by atoms with Crippen LogP contribution in [0.25, 0.3) is 0 Å². The molecule has 0 spiro atoms. The van der Waals surface area contributed by atoms with Gasteiger partial charge in [0.2, 0.25) is 0 Å². The van der Waals surface area contributed by atoms with Gasteiger partial charge in [-0.25, -0.2) is 0 Å². The van der Waals surface area contributed by atoms with E-state index < -0.39 is 0 Å². The topological polar surface area (TPSA) is 24.4 Å². The second-order valence-electron chi connectivity index (χ2n) is 3.75. The Morgan fingerprint density at radius 2 is 1.65 bits per heavy atom. The zero-order valence-electron chi connectivity index (χ0n) is 9.52. The van der Waals surface area contributed by atoms with Crippen molar-refractivity contribution in [2.45, 2.75) is 6.92 Å². The first-order valence-corrected chi connectivity index (χ1v) is 5.75. The minimum atomic E-state index is 0.453. The van der Waals surface area contributed by atoms with Crippen molar-refractivity contribution in [1.29, 1.82) is 0 Å². The summed E-state index contributed by atoms with van der Waals surface area (Å²) in [5.41, 5.74) is 5.93. The standard InChI is InChI=1S/C14H13ClN2/c1-11-7-9-12(10-8-11)14(15)17-16-13-5-3-2-4-6-13/h2-10,16H,1H3/b17-14-. The van der Waals surface area contributed by atoms with E-state index in [0.29, 0.717) is 5.17 Å². The van der Waals surface area contributed by atoms with Gasteiger partial charge in [-0.2, -0.15) is 5.10 Å². The number of anilines is 1. The number of hydrogen-bond acceptors (Lipinski definition) is 2. The summed E-state index contributed by atoms with van der Waals surface area (Å²) in [6.45, 7) is 2.04. The second kappa shape index (κ2) is 5.51. The normalized spacial score (nSPS) is 11.3. The number of nitrogens with zero attached hydrogens (tertiary/aromatic N) is 1. The predicted molar refractivity (Wildman–Crippen MR) is 73.6 cm³/mol. The molecule has 0 fully saturated rings. The van der Waals surface area contributed by atoms with E-state index in [1.165, 1.54) is 5.56 Å².